The van der Waals surface area contributed by atoms with Gasteiger partial charge in [-0.25, -0.2) is 0 Å². The van der Waals surface area contributed by atoms with E-state index in [9.17, 15) is 0 Å². The van der Waals surface area contributed by atoms with Crippen LogP contribution in [0.4, 0.5) is 5.69 Å². The van der Waals surface area contributed by atoms with E-state index in [0.717, 1.165) is 33.8 Å². The number of nitrogens with zero attached hydrogens (tertiary/aromatic N) is 1. The molecule has 0 radical (unpaired) electrons. The van der Waals surface area contributed by atoms with Gasteiger partial charge in [-0.05, 0) is 13.0 Å². The van der Waals surface area contributed by atoms with Gasteiger partial charge in [0.15, 0.2) is 0 Å². The van der Waals surface area contributed by atoms with Gasteiger partial charge in [0, 0.05) is 30.6 Å². The number of hydrogen-bond acceptors (Lipinski definition) is 4. The highest BCUT2D eigenvalue weighted by Crippen LogP contribution is 2.35. The predicted octanol–water partition coefficient (Wildman–Crippen LogP) is 2.60. The summed E-state index contributed by atoms with van der Waals surface area (Å²) in [4.78, 5) is 4.50. The molecule has 1 heterocycles. The van der Waals surface area contributed by atoms with Crippen molar-refractivity contribution >= 4 is 16.6 Å². The van der Waals surface area contributed by atoms with E-state index in [1.54, 1.807) is 14.2 Å². The Morgan fingerprint density at radius 1 is 1.12 bits per heavy atom. The molecule has 0 spiro atoms. The largest absolute Gasteiger partial charge is 0.497 e. The minimum Gasteiger partial charge on any atom is -0.497 e. The Bertz CT molecular complexity index is 553. The quantitative estimate of drug-likeness (QED) is 0.883. The van der Waals surface area contributed by atoms with Crippen LogP contribution in [0.5, 0.6) is 11.5 Å². The number of ether oxygens (including phenoxy) is 2. The maximum atomic E-state index is 5.39. The summed E-state index contributed by atoms with van der Waals surface area (Å²) in [5.41, 5.74) is 2.83. The van der Waals surface area contributed by atoms with Crippen molar-refractivity contribution in [2.75, 3.05) is 26.6 Å². The van der Waals surface area contributed by atoms with Gasteiger partial charge < -0.3 is 14.8 Å². The van der Waals surface area contributed by atoms with E-state index < -0.39 is 0 Å². The van der Waals surface area contributed by atoms with Gasteiger partial charge in [-0.3, -0.25) is 4.98 Å². The van der Waals surface area contributed by atoms with Crippen LogP contribution in [0, 0.1) is 6.92 Å². The molecule has 0 saturated carbocycles. The first-order valence-corrected chi connectivity index (χ1v) is 5.40. The lowest BCUT2D eigenvalue weighted by Gasteiger charge is -2.12. The molecular weight excluding hydrogens is 216 g/mol. The minimum atomic E-state index is 0.745. The van der Waals surface area contributed by atoms with Gasteiger partial charge in [0.25, 0.3) is 0 Å². The molecular formula is C13H16N2O2. The summed E-state index contributed by atoms with van der Waals surface area (Å²) in [6, 6.07) is 5.77. The highest BCUT2D eigenvalue weighted by atomic mass is 16.5. The highest BCUT2D eigenvalue weighted by Gasteiger charge is 2.11. The van der Waals surface area contributed by atoms with Crippen LogP contribution in [0.15, 0.2) is 18.2 Å². The van der Waals surface area contributed by atoms with Crippen LogP contribution in [0.2, 0.25) is 0 Å². The number of aromatic nitrogens is 1. The van der Waals surface area contributed by atoms with Gasteiger partial charge >= 0.3 is 0 Å². The van der Waals surface area contributed by atoms with E-state index in [-0.39, 0.29) is 0 Å². The van der Waals surface area contributed by atoms with Crippen molar-refractivity contribution in [1.82, 2.24) is 4.98 Å². The molecule has 2 aromatic rings. The molecule has 0 fully saturated rings. The molecule has 1 aromatic carbocycles. The van der Waals surface area contributed by atoms with Crippen molar-refractivity contribution < 1.29 is 9.47 Å². The smallest absolute Gasteiger partial charge is 0.134 e. The number of fused-ring (bicyclic) bond motifs is 1. The van der Waals surface area contributed by atoms with E-state index in [1.807, 2.05) is 32.2 Å². The van der Waals surface area contributed by atoms with Crippen molar-refractivity contribution in [3.8, 4) is 11.5 Å². The third kappa shape index (κ3) is 1.98. The van der Waals surface area contributed by atoms with E-state index in [1.165, 1.54) is 0 Å². The summed E-state index contributed by atoms with van der Waals surface area (Å²) in [5, 5.41) is 4.14. The number of anilines is 1. The van der Waals surface area contributed by atoms with Gasteiger partial charge in [0.2, 0.25) is 0 Å². The molecule has 2 rings (SSSR count). The lowest BCUT2D eigenvalue weighted by atomic mass is 10.1. The van der Waals surface area contributed by atoms with Crippen LogP contribution in [-0.2, 0) is 0 Å². The van der Waals surface area contributed by atoms with Crippen molar-refractivity contribution in [3.63, 3.8) is 0 Å². The summed E-state index contributed by atoms with van der Waals surface area (Å²) < 4.78 is 10.6. The van der Waals surface area contributed by atoms with Crippen molar-refractivity contribution in [2.45, 2.75) is 6.92 Å². The van der Waals surface area contributed by atoms with Crippen molar-refractivity contribution in [3.05, 3.63) is 23.9 Å². The first-order chi connectivity index (χ1) is 8.19. The number of pyridine rings is 1. The third-order valence-electron chi connectivity index (χ3n) is 2.70. The Hall–Kier alpha value is -1.97. The third-order valence-corrected chi connectivity index (χ3v) is 2.70. The first-order valence-electron chi connectivity index (χ1n) is 5.40. The number of nitrogens with one attached hydrogen (secondary N) is 1. The summed E-state index contributed by atoms with van der Waals surface area (Å²) in [6.45, 7) is 1.96. The van der Waals surface area contributed by atoms with Gasteiger partial charge in [-0.1, -0.05) is 0 Å². The van der Waals surface area contributed by atoms with Crippen LogP contribution in [0.25, 0.3) is 10.9 Å². The molecule has 0 saturated heterocycles. The van der Waals surface area contributed by atoms with E-state index in [2.05, 4.69) is 10.3 Å². The molecule has 90 valence electrons. The average molecular weight is 232 g/mol. The van der Waals surface area contributed by atoms with E-state index >= 15 is 0 Å². The van der Waals surface area contributed by atoms with Gasteiger partial charge in [0.1, 0.15) is 11.5 Å². The second kappa shape index (κ2) is 4.49. The first kappa shape index (κ1) is 11.5. The average Bonchev–Trinajstić information content (AvgIpc) is 2.35. The fourth-order valence-electron chi connectivity index (χ4n) is 1.91. The molecule has 0 unspecified atom stereocenters. The second-order valence-electron chi connectivity index (χ2n) is 3.78. The van der Waals surface area contributed by atoms with Crippen molar-refractivity contribution in [1.29, 1.82) is 0 Å². The van der Waals surface area contributed by atoms with E-state index in [4.69, 9.17) is 9.47 Å². The van der Waals surface area contributed by atoms with Crippen LogP contribution >= 0.6 is 0 Å². The zero-order valence-corrected chi connectivity index (χ0v) is 10.5. The fourth-order valence-corrected chi connectivity index (χ4v) is 1.91. The van der Waals surface area contributed by atoms with Gasteiger partial charge in [-0.15, -0.1) is 0 Å². The Kier molecular flexibility index (Phi) is 3.04. The molecule has 1 aromatic heterocycles. The molecule has 0 aliphatic heterocycles. The van der Waals surface area contributed by atoms with Crippen LogP contribution in [-0.4, -0.2) is 26.3 Å². The number of benzene rings is 1. The molecule has 1 N–H and O–H groups in total. The summed E-state index contributed by atoms with van der Waals surface area (Å²) in [6.07, 6.45) is 0. The number of methoxy groups -OCH3 is 2. The number of hydrogen-bond donors (Lipinski definition) is 1. The number of rotatable bonds is 3. The van der Waals surface area contributed by atoms with E-state index in [0.29, 0.717) is 0 Å². The molecule has 0 bridgehead atoms. The predicted molar refractivity (Wildman–Crippen MR) is 69.1 cm³/mol. The Labute approximate surface area is 101 Å². The molecule has 0 atom stereocenters. The molecule has 0 aliphatic carbocycles. The number of aryl methyl sites for hydroxylation is 1. The molecule has 4 heteroatoms. The second-order valence-corrected chi connectivity index (χ2v) is 3.78. The van der Waals surface area contributed by atoms with Crippen LogP contribution < -0.4 is 14.8 Å². The normalized spacial score (nSPS) is 10.4. The maximum absolute atomic E-state index is 5.39. The maximum Gasteiger partial charge on any atom is 0.134 e. The zero-order valence-electron chi connectivity index (χ0n) is 10.5. The molecule has 0 aliphatic rings. The molecule has 17 heavy (non-hydrogen) atoms. The topological polar surface area (TPSA) is 43.4 Å². The molecule has 4 nitrogen and oxygen atoms in total. The highest BCUT2D eigenvalue weighted by molar-refractivity contribution is 5.97. The Balaban J connectivity index is 2.83. The van der Waals surface area contributed by atoms with Gasteiger partial charge in [-0.2, -0.15) is 0 Å². The monoisotopic (exact) mass is 232 g/mol. The molecule has 0 amide bonds. The summed E-state index contributed by atoms with van der Waals surface area (Å²) >= 11 is 0. The SMILES string of the molecule is CNc1cc(C)nc2cc(OC)cc(OC)c12. The lowest BCUT2D eigenvalue weighted by Crippen LogP contribution is -1.97. The fraction of sp³-hybridized carbons (Fsp3) is 0.308. The summed E-state index contributed by atoms with van der Waals surface area (Å²) in [7, 11) is 5.17. The Morgan fingerprint density at radius 3 is 2.47 bits per heavy atom. The zero-order chi connectivity index (χ0) is 12.4. The summed E-state index contributed by atoms with van der Waals surface area (Å²) in [5.74, 6) is 1.51. The standard InChI is InChI=1S/C13H16N2O2/c1-8-5-10(14-2)13-11(15-8)6-9(16-3)7-12(13)17-4/h5-7H,1-4H3,(H,14,15). The van der Waals surface area contributed by atoms with Crippen LogP contribution in [0.1, 0.15) is 5.69 Å². The Morgan fingerprint density at radius 2 is 1.88 bits per heavy atom. The van der Waals surface area contributed by atoms with Crippen molar-refractivity contribution in [2.24, 2.45) is 0 Å². The van der Waals surface area contributed by atoms with Crippen LogP contribution in [0.3, 0.4) is 0 Å². The lowest BCUT2D eigenvalue weighted by molar-refractivity contribution is 0.398. The minimum absolute atomic E-state index is 0.745. The van der Waals surface area contributed by atoms with Gasteiger partial charge in [0.05, 0.1) is 25.1 Å².